The smallest absolute Gasteiger partial charge is 0.155 e. The Hall–Kier alpha value is -0.850. The van der Waals surface area contributed by atoms with Crippen LogP contribution in [0.4, 0.5) is 0 Å². The Morgan fingerprint density at radius 3 is 2.00 bits per heavy atom. The van der Waals surface area contributed by atoms with Gasteiger partial charge in [0.05, 0.1) is 0 Å². The molecule has 0 saturated heterocycles. The van der Waals surface area contributed by atoms with Gasteiger partial charge in [-0.25, -0.2) is 0 Å². The second kappa shape index (κ2) is 4.04. The van der Waals surface area contributed by atoms with E-state index in [2.05, 4.69) is 0 Å². The highest BCUT2D eigenvalue weighted by atomic mass is 16.1. The van der Waals surface area contributed by atoms with E-state index in [1.54, 1.807) is 6.92 Å². The fraction of sp³-hybridized carbons (Fsp3) is 0.444. The summed E-state index contributed by atoms with van der Waals surface area (Å²) in [6.07, 6.45) is 3.87. The molecule has 0 unspecified atom stereocenters. The molecule has 0 aromatic carbocycles. The summed E-state index contributed by atoms with van der Waals surface area (Å²) in [7, 11) is 0. The average molecular weight is 138 g/mol. The number of carbonyl (C=O) groups is 1. The van der Waals surface area contributed by atoms with E-state index >= 15 is 0 Å². The predicted molar refractivity (Wildman–Crippen MR) is 43.9 cm³/mol. The van der Waals surface area contributed by atoms with Crippen LogP contribution < -0.4 is 0 Å². The molecule has 0 spiro atoms. The average Bonchev–Trinajstić information content (AvgIpc) is 1.87. The quantitative estimate of drug-likeness (QED) is 0.423. The minimum atomic E-state index is 0.149. The fourth-order valence-electron chi connectivity index (χ4n) is 0.653. The largest absolute Gasteiger partial charge is 0.295 e. The van der Waals surface area contributed by atoms with Gasteiger partial charge in [-0.15, -0.1) is 0 Å². The van der Waals surface area contributed by atoms with Crippen LogP contribution in [0.15, 0.2) is 23.3 Å². The Morgan fingerprint density at radius 2 is 1.70 bits per heavy atom. The van der Waals surface area contributed by atoms with Gasteiger partial charge >= 0.3 is 0 Å². The Morgan fingerprint density at radius 1 is 1.20 bits per heavy atom. The van der Waals surface area contributed by atoms with Crippen LogP contribution in [0.3, 0.4) is 0 Å². The zero-order chi connectivity index (χ0) is 8.15. The molecule has 0 rings (SSSR count). The highest BCUT2D eigenvalue weighted by Gasteiger charge is 1.97. The van der Waals surface area contributed by atoms with Crippen LogP contribution in [0.25, 0.3) is 0 Å². The van der Waals surface area contributed by atoms with E-state index in [4.69, 9.17) is 0 Å². The summed E-state index contributed by atoms with van der Waals surface area (Å²) in [5.41, 5.74) is 1.90. The summed E-state index contributed by atoms with van der Waals surface area (Å²) in [5, 5.41) is 0. The molecule has 0 aliphatic carbocycles. The normalized spacial score (nSPS) is 13.6. The van der Waals surface area contributed by atoms with Crippen molar-refractivity contribution in [2.24, 2.45) is 0 Å². The van der Waals surface area contributed by atoms with Gasteiger partial charge in [0.15, 0.2) is 5.78 Å². The van der Waals surface area contributed by atoms with Crippen LogP contribution in [-0.4, -0.2) is 5.78 Å². The third-order valence-corrected chi connectivity index (χ3v) is 1.54. The molecule has 1 heteroatoms. The molecular weight excluding hydrogens is 124 g/mol. The standard InChI is InChI=1S/C9H14O/c1-5-6-7(2)8(3)9(4)10/h5-6H,1-4H3/b6-5?,8-7+. The monoisotopic (exact) mass is 138 g/mol. The molecule has 0 heterocycles. The highest BCUT2D eigenvalue weighted by Crippen LogP contribution is 2.04. The van der Waals surface area contributed by atoms with Crippen molar-refractivity contribution in [3.8, 4) is 0 Å². The van der Waals surface area contributed by atoms with Crippen LogP contribution in [0.1, 0.15) is 27.7 Å². The summed E-state index contributed by atoms with van der Waals surface area (Å²) in [6, 6.07) is 0. The minimum Gasteiger partial charge on any atom is -0.295 e. The van der Waals surface area contributed by atoms with Gasteiger partial charge in [-0.3, -0.25) is 4.79 Å². The molecule has 0 saturated carbocycles. The molecule has 0 aromatic heterocycles. The van der Waals surface area contributed by atoms with Crippen molar-refractivity contribution in [1.82, 2.24) is 0 Å². The minimum absolute atomic E-state index is 0.149. The van der Waals surface area contributed by atoms with Gasteiger partial charge in [0.25, 0.3) is 0 Å². The lowest BCUT2D eigenvalue weighted by molar-refractivity contribution is -0.113. The molecule has 0 amide bonds. The van der Waals surface area contributed by atoms with Crippen molar-refractivity contribution in [1.29, 1.82) is 0 Å². The first kappa shape index (κ1) is 9.15. The van der Waals surface area contributed by atoms with Gasteiger partial charge in [0, 0.05) is 0 Å². The molecule has 0 aliphatic heterocycles. The zero-order valence-corrected chi connectivity index (χ0v) is 7.06. The van der Waals surface area contributed by atoms with E-state index < -0.39 is 0 Å². The Kier molecular flexibility index (Phi) is 3.70. The van der Waals surface area contributed by atoms with E-state index in [0.717, 1.165) is 11.1 Å². The van der Waals surface area contributed by atoms with Crippen LogP contribution >= 0.6 is 0 Å². The van der Waals surface area contributed by atoms with E-state index in [-0.39, 0.29) is 5.78 Å². The first-order valence-corrected chi connectivity index (χ1v) is 3.40. The molecule has 10 heavy (non-hydrogen) atoms. The molecule has 0 bridgehead atoms. The third-order valence-electron chi connectivity index (χ3n) is 1.54. The molecule has 0 aliphatic rings. The summed E-state index contributed by atoms with van der Waals surface area (Å²) in [4.78, 5) is 10.8. The van der Waals surface area contributed by atoms with E-state index in [1.807, 2.05) is 32.9 Å². The van der Waals surface area contributed by atoms with E-state index in [9.17, 15) is 4.79 Å². The SMILES string of the molecule is CC=C/C(C)=C(\C)C(C)=O. The maximum atomic E-state index is 10.8. The third kappa shape index (κ3) is 2.62. The van der Waals surface area contributed by atoms with Gasteiger partial charge in [-0.1, -0.05) is 12.2 Å². The number of hydrogen-bond donors (Lipinski definition) is 0. The molecule has 0 fully saturated rings. The number of Topliss-reactive ketones (excluding diaryl/α,β-unsaturated/α-hetero) is 1. The molecule has 0 aromatic rings. The maximum Gasteiger partial charge on any atom is 0.155 e. The predicted octanol–water partition coefficient (Wildman–Crippen LogP) is 2.49. The second-order valence-electron chi connectivity index (χ2n) is 2.36. The van der Waals surface area contributed by atoms with Gasteiger partial charge in [0.1, 0.15) is 0 Å². The van der Waals surface area contributed by atoms with Crippen molar-refractivity contribution < 1.29 is 4.79 Å². The summed E-state index contributed by atoms with van der Waals surface area (Å²) in [5.74, 6) is 0.149. The number of allylic oxidation sites excluding steroid dienone is 4. The molecule has 0 N–H and O–H groups in total. The van der Waals surface area contributed by atoms with Crippen molar-refractivity contribution in [2.75, 3.05) is 0 Å². The van der Waals surface area contributed by atoms with Crippen molar-refractivity contribution in [3.63, 3.8) is 0 Å². The lowest BCUT2D eigenvalue weighted by Crippen LogP contribution is -1.93. The Labute approximate surface area is 62.4 Å². The van der Waals surface area contributed by atoms with Crippen LogP contribution in [-0.2, 0) is 4.79 Å². The first-order valence-electron chi connectivity index (χ1n) is 3.40. The molecule has 1 nitrogen and oxygen atoms in total. The Balaban J connectivity index is 4.50. The first-order chi connectivity index (χ1) is 4.59. The van der Waals surface area contributed by atoms with Gasteiger partial charge in [-0.05, 0) is 38.8 Å². The van der Waals surface area contributed by atoms with Crippen molar-refractivity contribution in [2.45, 2.75) is 27.7 Å². The molecular formula is C9H14O. The van der Waals surface area contributed by atoms with E-state index in [1.165, 1.54) is 0 Å². The topological polar surface area (TPSA) is 17.1 Å². The molecule has 56 valence electrons. The van der Waals surface area contributed by atoms with Gasteiger partial charge in [-0.2, -0.15) is 0 Å². The second-order valence-corrected chi connectivity index (χ2v) is 2.36. The van der Waals surface area contributed by atoms with Gasteiger partial charge < -0.3 is 0 Å². The molecule has 0 atom stereocenters. The van der Waals surface area contributed by atoms with Crippen LogP contribution in [0, 0.1) is 0 Å². The zero-order valence-electron chi connectivity index (χ0n) is 7.06. The number of carbonyl (C=O) groups excluding carboxylic acids is 1. The lowest BCUT2D eigenvalue weighted by atomic mass is 10.1. The van der Waals surface area contributed by atoms with E-state index in [0.29, 0.717) is 0 Å². The highest BCUT2D eigenvalue weighted by molar-refractivity contribution is 5.93. The molecule has 0 radical (unpaired) electrons. The van der Waals surface area contributed by atoms with Gasteiger partial charge in [0.2, 0.25) is 0 Å². The number of ketones is 1. The summed E-state index contributed by atoms with van der Waals surface area (Å²) >= 11 is 0. The summed E-state index contributed by atoms with van der Waals surface area (Å²) in [6.45, 7) is 7.31. The lowest BCUT2D eigenvalue weighted by Gasteiger charge is -1.96. The van der Waals surface area contributed by atoms with Crippen molar-refractivity contribution in [3.05, 3.63) is 23.3 Å². The van der Waals surface area contributed by atoms with Crippen LogP contribution in [0.2, 0.25) is 0 Å². The van der Waals surface area contributed by atoms with Crippen molar-refractivity contribution >= 4 is 5.78 Å². The number of rotatable bonds is 2. The maximum absolute atomic E-state index is 10.8. The number of hydrogen-bond acceptors (Lipinski definition) is 1. The fourth-order valence-corrected chi connectivity index (χ4v) is 0.653. The Bertz CT molecular complexity index is 185. The van der Waals surface area contributed by atoms with Crippen LogP contribution in [0.5, 0.6) is 0 Å². The summed E-state index contributed by atoms with van der Waals surface area (Å²) < 4.78 is 0.